The minimum Gasteiger partial charge on any atom is -0.504 e. The molecule has 112 valence electrons. The lowest BCUT2D eigenvalue weighted by Crippen LogP contribution is -2.76. The largest absolute Gasteiger partial charge is 0.504 e. The van der Waals surface area contributed by atoms with Gasteiger partial charge in [-0.05, 0) is 43.9 Å². The van der Waals surface area contributed by atoms with Crippen LogP contribution in [-0.2, 0) is 11.8 Å². The maximum Gasteiger partial charge on any atom is 0.165 e. The van der Waals surface area contributed by atoms with Crippen molar-refractivity contribution in [2.45, 2.75) is 54.9 Å². The van der Waals surface area contributed by atoms with Gasteiger partial charge in [-0.3, -0.25) is 0 Å². The van der Waals surface area contributed by atoms with Crippen LogP contribution in [-0.4, -0.2) is 45.7 Å². The van der Waals surface area contributed by atoms with Crippen molar-refractivity contribution in [3.05, 3.63) is 23.3 Å². The SMILES string of the molecule is Oc1ccc2c3c1OC1[C@H](O)CC[C@@]4(O)[C@@H](C2)NCCC314. The predicted molar refractivity (Wildman–Crippen MR) is 74.5 cm³/mol. The minimum atomic E-state index is -0.902. The standard InChI is InChI=1S/C16H19NO4/c18-9-2-1-8-7-11-16(20)4-3-10(19)14-15(16,5-6-17-11)12(8)13(9)21-14/h1-2,10-11,14,17-20H,3-7H2/t10-,11-,14?,15?,16-/m1/s1. The number of aliphatic hydroxyl groups excluding tert-OH is 1. The first-order chi connectivity index (χ1) is 10.1. The van der Waals surface area contributed by atoms with Crippen molar-refractivity contribution in [2.75, 3.05) is 6.54 Å². The first kappa shape index (κ1) is 12.3. The third-order valence-corrected chi connectivity index (χ3v) is 6.25. The molecule has 1 saturated carbocycles. The van der Waals surface area contributed by atoms with E-state index in [0.717, 1.165) is 30.5 Å². The molecule has 4 N–H and O–H groups in total. The normalized spacial score (nSPS) is 45.9. The average molecular weight is 289 g/mol. The molecule has 5 heteroatoms. The highest BCUT2D eigenvalue weighted by molar-refractivity contribution is 5.62. The predicted octanol–water partition coefficient (Wildman–Crippen LogP) is 0.195. The van der Waals surface area contributed by atoms with E-state index in [1.165, 1.54) is 0 Å². The van der Waals surface area contributed by atoms with Crippen LogP contribution in [0.15, 0.2) is 12.1 Å². The first-order valence-electron chi connectivity index (χ1n) is 7.74. The molecular formula is C16H19NO4. The van der Waals surface area contributed by atoms with E-state index >= 15 is 0 Å². The van der Waals surface area contributed by atoms with Crippen molar-refractivity contribution < 1.29 is 20.1 Å². The number of aromatic hydroxyl groups is 1. The lowest BCUT2D eigenvalue weighted by molar-refractivity contribution is -0.179. The Morgan fingerprint density at radius 1 is 1.29 bits per heavy atom. The van der Waals surface area contributed by atoms with Gasteiger partial charge in [0.05, 0.1) is 17.1 Å². The summed E-state index contributed by atoms with van der Waals surface area (Å²) in [6, 6.07) is 3.59. The van der Waals surface area contributed by atoms with Gasteiger partial charge in [-0.2, -0.15) is 0 Å². The van der Waals surface area contributed by atoms with Gasteiger partial charge in [-0.15, -0.1) is 0 Å². The van der Waals surface area contributed by atoms with Crippen LogP contribution in [0.4, 0.5) is 0 Å². The average Bonchev–Trinajstić information content (AvgIpc) is 2.80. The maximum atomic E-state index is 11.5. The van der Waals surface area contributed by atoms with Gasteiger partial charge in [0.2, 0.25) is 0 Å². The molecule has 21 heavy (non-hydrogen) atoms. The molecule has 4 aliphatic rings. The molecule has 2 unspecified atom stereocenters. The zero-order chi connectivity index (χ0) is 14.4. The van der Waals surface area contributed by atoms with E-state index in [0.29, 0.717) is 18.6 Å². The summed E-state index contributed by atoms with van der Waals surface area (Å²) in [6.45, 7) is 0.800. The molecule has 2 heterocycles. The lowest BCUT2D eigenvalue weighted by Gasteiger charge is -2.61. The molecule has 1 spiro atoms. The highest BCUT2D eigenvalue weighted by Gasteiger charge is 2.71. The van der Waals surface area contributed by atoms with E-state index in [2.05, 4.69) is 5.32 Å². The second-order valence-electron chi connectivity index (χ2n) is 6.95. The Morgan fingerprint density at radius 3 is 3.00 bits per heavy atom. The van der Waals surface area contributed by atoms with Crippen molar-refractivity contribution in [3.63, 3.8) is 0 Å². The number of hydrogen-bond donors (Lipinski definition) is 4. The number of rotatable bonds is 0. The van der Waals surface area contributed by atoms with E-state index in [1.807, 2.05) is 6.07 Å². The zero-order valence-corrected chi connectivity index (χ0v) is 11.7. The quantitative estimate of drug-likeness (QED) is 0.548. The van der Waals surface area contributed by atoms with Crippen LogP contribution in [0, 0.1) is 0 Å². The Morgan fingerprint density at radius 2 is 2.14 bits per heavy atom. The molecule has 5 atom stereocenters. The molecule has 0 aromatic heterocycles. The van der Waals surface area contributed by atoms with Gasteiger partial charge in [0.1, 0.15) is 6.10 Å². The van der Waals surface area contributed by atoms with Crippen LogP contribution < -0.4 is 10.1 Å². The fourth-order valence-corrected chi connectivity index (χ4v) is 5.42. The molecule has 0 radical (unpaired) electrons. The molecule has 1 aromatic rings. The summed E-state index contributed by atoms with van der Waals surface area (Å²) in [7, 11) is 0. The third kappa shape index (κ3) is 1.14. The van der Waals surface area contributed by atoms with Gasteiger partial charge in [-0.25, -0.2) is 0 Å². The van der Waals surface area contributed by atoms with E-state index in [1.54, 1.807) is 6.07 Å². The molecule has 2 aliphatic carbocycles. The fourth-order valence-electron chi connectivity index (χ4n) is 5.42. The summed E-state index contributed by atoms with van der Waals surface area (Å²) in [5.41, 5.74) is 0.594. The minimum absolute atomic E-state index is 0.00663. The molecule has 0 amide bonds. The van der Waals surface area contributed by atoms with Gasteiger partial charge in [0.15, 0.2) is 11.5 Å². The van der Waals surface area contributed by atoms with Crippen molar-refractivity contribution in [3.8, 4) is 11.5 Å². The smallest absolute Gasteiger partial charge is 0.165 e. The van der Waals surface area contributed by atoms with Crippen molar-refractivity contribution in [1.29, 1.82) is 0 Å². The highest BCUT2D eigenvalue weighted by atomic mass is 16.5. The topological polar surface area (TPSA) is 82.0 Å². The number of piperidine rings is 1. The van der Waals surface area contributed by atoms with Crippen molar-refractivity contribution >= 4 is 0 Å². The van der Waals surface area contributed by atoms with Crippen LogP contribution in [0.1, 0.15) is 30.4 Å². The monoisotopic (exact) mass is 289 g/mol. The molecular weight excluding hydrogens is 270 g/mol. The van der Waals surface area contributed by atoms with E-state index in [-0.39, 0.29) is 11.8 Å². The highest BCUT2D eigenvalue weighted by Crippen LogP contribution is 2.64. The van der Waals surface area contributed by atoms with Crippen molar-refractivity contribution in [2.24, 2.45) is 0 Å². The summed E-state index contributed by atoms with van der Waals surface area (Å²) >= 11 is 0. The van der Waals surface area contributed by atoms with Gasteiger partial charge < -0.3 is 25.4 Å². The van der Waals surface area contributed by atoms with Crippen LogP contribution in [0.5, 0.6) is 11.5 Å². The number of nitrogens with one attached hydrogen (secondary N) is 1. The molecule has 2 fully saturated rings. The molecule has 5 rings (SSSR count). The summed E-state index contributed by atoms with van der Waals surface area (Å²) in [4.78, 5) is 0. The zero-order valence-electron chi connectivity index (χ0n) is 11.7. The van der Waals surface area contributed by atoms with Gasteiger partial charge in [0.25, 0.3) is 0 Å². The first-order valence-corrected chi connectivity index (χ1v) is 7.74. The third-order valence-electron chi connectivity index (χ3n) is 6.25. The number of aliphatic hydroxyl groups is 2. The summed E-state index contributed by atoms with van der Waals surface area (Å²) in [5, 5.41) is 35.6. The molecule has 5 nitrogen and oxygen atoms in total. The van der Waals surface area contributed by atoms with E-state index in [4.69, 9.17) is 4.74 Å². The lowest BCUT2D eigenvalue weighted by atomic mass is 9.49. The fraction of sp³-hybridized carbons (Fsp3) is 0.625. The van der Waals surface area contributed by atoms with E-state index < -0.39 is 23.2 Å². The Hall–Kier alpha value is -1.30. The van der Waals surface area contributed by atoms with Crippen LogP contribution >= 0.6 is 0 Å². The van der Waals surface area contributed by atoms with Crippen LogP contribution in [0.25, 0.3) is 0 Å². The molecule has 2 bridgehead atoms. The van der Waals surface area contributed by atoms with Gasteiger partial charge in [0, 0.05) is 11.6 Å². The number of phenols is 1. The maximum absolute atomic E-state index is 11.5. The molecule has 2 aliphatic heterocycles. The van der Waals surface area contributed by atoms with E-state index in [9.17, 15) is 15.3 Å². The Labute approximate surface area is 122 Å². The Kier molecular flexibility index (Phi) is 2.07. The van der Waals surface area contributed by atoms with Crippen molar-refractivity contribution in [1.82, 2.24) is 5.32 Å². The summed E-state index contributed by atoms with van der Waals surface area (Å²) < 4.78 is 6.00. The molecule has 1 saturated heterocycles. The Bertz CT molecular complexity index is 647. The van der Waals surface area contributed by atoms with Gasteiger partial charge >= 0.3 is 0 Å². The summed E-state index contributed by atoms with van der Waals surface area (Å²) in [6.07, 6.45) is 1.52. The second-order valence-corrected chi connectivity index (χ2v) is 6.95. The number of hydrogen-bond acceptors (Lipinski definition) is 5. The summed E-state index contributed by atoms with van der Waals surface area (Å²) in [5.74, 6) is 0.598. The molecule has 1 aromatic carbocycles. The Balaban J connectivity index is 1.87. The number of phenolic OH excluding ortho intramolecular Hbond substituents is 1. The van der Waals surface area contributed by atoms with Crippen LogP contribution in [0.3, 0.4) is 0 Å². The van der Waals surface area contributed by atoms with Crippen LogP contribution in [0.2, 0.25) is 0 Å². The second kappa shape index (κ2) is 3.54. The number of ether oxygens (including phenoxy) is 1. The number of benzene rings is 1. The van der Waals surface area contributed by atoms with Gasteiger partial charge in [-0.1, -0.05) is 6.07 Å².